The van der Waals surface area contributed by atoms with E-state index in [1.54, 1.807) is 11.4 Å². The number of benzene rings is 1. The van der Waals surface area contributed by atoms with Gasteiger partial charge in [-0.25, -0.2) is 0 Å². The zero-order chi connectivity index (χ0) is 7.40. The fourth-order valence-electron chi connectivity index (χ4n) is 0.567. The number of hydrogen-bond acceptors (Lipinski definition) is 3. The highest BCUT2D eigenvalue weighted by molar-refractivity contribution is 8.72. The normalized spacial score (nSPS) is 9.20. The summed E-state index contributed by atoms with van der Waals surface area (Å²) in [4.78, 5) is 1.18. The van der Waals surface area contributed by atoms with Gasteiger partial charge in [-0.05, 0) is 47.1 Å². The van der Waals surface area contributed by atoms with Gasteiger partial charge in [-0.1, -0.05) is 18.2 Å². The minimum absolute atomic E-state index is 0.693. The average molecular weight is 204 g/mol. The van der Waals surface area contributed by atoms with E-state index in [1.807, 2.05) is 30.3 Å². The van der Waals surface area contributed by atoms with Crippen molar-refractivity contribution in [2.75, 3.05) is 0 Å². The molecule has 10 heavy (non-hydrogen) atoms. The van der Waals surface area contributed by atoms with Gasteiger partial charge >= 0.3 is 0 Å². The summed E-state index contributed by atoms with van der Waals surface area (Å²) in [5.74, 6) is 0. The van der Waals surface area contributed by atoms with E-state index in [-0.39, 0.29) is 0 Å². The fourth-order valence-corrected chi connectivity index (χ4v) is 3.45. The van der Waals surface area contributed by atoms with Gasteiger partial charge in [0, 0.05) is 4.90 Å². The molecular weight excluding hydrogens is 199 g/mol. The van der Waals surface area contributed by atoms with Crippen LogP contribution in [0.1, 0.15) is 0 Å². The van der Waals surface area contributed by atoms with Gasteiger partial charge in [-0.15, -0.1) is 0 Å². The molecule has 0 radical (unpaired) electrons. The molecule has 0 aliphatic rings. The standard InChI is InChI=1S/C6H5PS3/c8-7(9)10-6-4-2-1-3-5-6/h1-5H. The van der Waals surface area contributed by atoms with E-state index in [2.05, 4.69) is 0 Å². The van der Waals surface area contributed by atoms with E-state index in [9.17, 15) is 0 Å². The molecule has 0 aliphatic heterocycles. The SMILES string of the molecule is S=P(=S)Sc1ccccc1. The zero-order valence-corrected chi connectivity index (χ0v) is 8.40. The Morgan fingerprint density at radius 2 is 1.70 bits per heavy atom. The van der Waals surface area contributed by atoms with E-state index in [0.717, 1.165) is 0 Å². The van der Waals surface area contributed by atoms with Crippen molar-refractivity contribution in [2.24, 2.45) is 0 Å². The molecule has 0 amide bonds. The Hall–Kier alpha value is 0.310. The van der Waals surface area contributed by atoms with Crippen molar-refractivity contribution in [3.8, 4) is 0 Å². The highest BCUT2D eigenvalue weighted by Gasteiger charge is 1.87. The first-order chi connectivity index (χ1) is 4.79. The summed E-state index contributed by atoms with van der Waals surface area (Å²) in [6, 6.07) is 10.0. The molecule has 52 valence electrons. The monoisotopic (exact) mass is 204 g/mol. The molecule has 0 saturated carbocycles. The minimum Gasteiger partial charge on any atom is -0.0622 e. The third-order valence-electron chi connectivity index (χ3n) is 0.923. The predicted octanol–water partition coefficient (Wildman–Crippen LogP) is 3.10. The Kier molecular flexibility index (Phi) is 3.57. The molecule has 0 unspecified atom stereocenters. The molecule has 0 bridgehead atoms. The molecule has 0 atom stereocenters. The molecule has 0 N–H and O–H groups in total. The quantitative estimate of drug-likeness (QED) is 0.679. The second kappa shape index (κ2) is 4.24. The second-order valence-corrected chi connectivity index (χ2v) is 8.64. The molecular formula is C6H5PS3. The van der Waals surface area contributed by atoms with Crippen LogP contribution in [0.25, 0.3) is 0 Å². The van der Waals surface area contributed by atoms with Crippen molar-refractivity contribution < 1.29 is 0 Å². The second-order valence-electron chi connectivity index (χ2n) is 1.63. The maximum Gasteiger partial charge on any atom is 0.0746 e. The Labute approximate surface area is 74.9 Å². The fraction of sp³-hybridized carbons (Fsp3) is 0. The maximum atomic E-state index is 4.90. The van der Waals surface area contributed by atoms with Crippen molar-refractivity contribution in [1.82, 2.24) is 0 Å². The molecule has 4 heteroatoms. The molecule has 0 fully saturated rings. The van der Waals surface area contributed by atoms with Gasteiger partial charge in [0.05, 0.1) is 4.67 Å². The Bertz CT molecular complexity index is 258. The van der Waals surface area contributed by atoms with Crippen LogP contribution < -0.4 is 0 Å². The van der Waals surface area contributed by atoms with Crippen LogP contribution in [0.5, 0.6) is 0 Å². The third-order valence-corrected chi connectivity index (χ3v) is 3.98. The van der Waals surface area contributed by atoms with Crippen molar-refractivity contribution >= 4 is 39.7 Å². The van der Waals surface area contributed by atoms with Gasteiger partial charge in [0.25, 0.3) is 0 Å². The predicted molar refractivity (Wildman–Crippen MR) is 53.9 cm³/mol. The molecule has 1 aromatic rings. The maximum absolute atomic E-state index is 4.90. The molecule has 0 aliphatic carbocycles. The van der Waals surface area contributed by atoms with Gasteiger partial charge in [0.1, 0.15) is 0 Å². The highest BCUT2D eigenvalue weighted by Crippen LogP contribution is 2.34. The molecule has 0 nitrogen and oxygen atoms in total. The Balaban J connectivity index is 2.77. The zero-order valence-electron chi connectivity index (χ0n) is 5.06. The summed E-state index contributed by atoms with van der Waals surface area (Å²) in [6.45, 7) is 0. The lowest BCUT2D eigenvalue weighted by molar-refractivity contribution is 1.48. The van der Waals surface area contributed by atoms with Crippen LogP contribution in [0.15, 0.2) is 35.2 Å². The van der Waals surface area contributed by atoms with E-state index in [0.29, 0.717) is 0 Å². The van der Waals surface area contributed by atoms with Gasteiger partial charge in [-0.3, -0.25) is 0 Å². The van der Waals surface area contributed by atoms with Crippen molar-refractivity contribution in [2.45, 2.75) is 4.90 Å². The third kappa shape index (κ3) is 2.93. The van der Waals surface area contributed by atoms with Crippen molar-refractivity contribution in [3.63, 3.8) is 0 Å². The van der Waals surface area contributed by atoms with Crippen LogP contribution in [-0.4, -0.2) is 0 Å². The van der Waals surface area contributed by atoms with Crippen molar-refractivity contribution in [3.05, 3.63) is 30.3 Å². The smallest absolute Gasteiger partial charge is 0.0622 e. The molecule has 0 heterocycles. The molecule has 0 saturated heterocycles. The first-order valence-electron chi connectivity index (χ1n) is 2.66. The number of hydrogen-bond donors (Lipinski definition) is 0. The Morgan fingerprint density at radius 3 is 2.20 bits per heavy atom. The summed E-state index contributed by atoms with van der Waals surface area (Å²) in [5, 5.41) is 0. The van der Waals surface area contributed by atoms with Crippen LogP contribution in [0, 0.1) is 0 Å². The van der Waals surface area contributed by atoms with Crippen LogP contribution in [-0.2, 0) is 23.6 Å². The molecule has 0 aromatic heterocycles. The summed E-state index contributed by atoms with van der Waals surface area (Å²) in [5.41, 5.74) is 0. The lowest BCUT2D eigenvalue weighted by atomic mass is 10.4. The largest absolute Gasteiger partial charge is 0.0746 e. The minimum atomic E-state index is -0.693. The summed E-state index contributed by atoms with van der Waals surface area (Å²) in [6.07, 6.45) is 0. The molecule has 0 spiro atoms. The van der Waals surface area contributed by atoms with Gasteiger partial charge in [0.15, 0.2) is 0 Å². The van der Waals surface area contributed by atoms with Crippen molar-refractivity contribution in [1.29, 1.82) is 0 Å². The van der Waals surface area contributed by atoms with Crippen LogP contribution in [0.2, 0.25) is 0 Å². The van der Waals surface area contributed by atoms with Crippen LogP contribution in [0.3, 0.4) is 0 Å². The topological polar surface area (TPSA) is 0 Å². The lowest BCUT2D eigenvalue weighted by Gasteiger charge is -1.90. The van der Waals surface area contributed by atoms with E-state index in [1.165, 1.54) is 4.90 Å². The summed E-state index contributed by atoms with van der Waals surface area (Å²) >= 11 is 11.4. The van der Waals surface area contributed by atoms with Gasteiger partial charge in [0.2, 0.25) is 0 Å². The van der Waals surface area contributed by atoms with E-state index in [4.69, 9.17) is 23.6 Å². The Morgan fingerprint density at radius 1 is 1.10 bits per heavy atom. The summed E-state index contributed by atoms with van der Waals surface area (Å²) in [7, 11) is 0. The highest BCUT2D eigenvalue weighted by atomic mass is 33.1. The molecule has 1 rings (SSSR count). The summed E-state index contributed by atoms with van der Waals surface area (Å²) < 4.78 is -0.693. The number of rotatable bonds is 2. The van der Waals surface area contributed by atoms with E-state index >= 15 is 0 Å². The first kappa shape index (κ1) is 8.41. The first-order valence-corrected chi connectivity index (χ1v) is 7.45. The van der Waals surface area contributed by atoms with Gasteiger partial charge < -0.3 is 0 Å². The lowest BCUT2D eigenvalue weighted by Crippen LogP contribution is -1.60. The van der Waals surface area contributed by atoms with Gasteiger partial charge in [-0.2, -0.15) is 0 Å². The van der Waals surface area contributed by atoms with E-state index < -0.39 is 4.67 Å². The van der Waals surface area contributed by atoms with Crippen LogP contribution in [0.4, 0.5) is 0 Å². The average Bonchev–Trinajstić information content (AvgIpc) is 1.88. The molecule has 1 aromatic carbocycles. The van der Waals surface area contributed by atoms with Crippen LogP contribution >= 0.6 is 16.1 Å².